The van der Waals surface area contributed by atoms with Crippen molar-refractivity contribution in [3.8, 4) is 0 Å². The van der Waals surface area contributed by atoms with Gasteiger partial charge in [-0.2, -0.15) is 0 Å². The standard InChI is InChI=1S/C22H43O6PS/c1-3-4-5-6-7-8-9-10-11-12-13-14-15-16-17-18-22(23)27-19-21(26-2)20-28-29(24,25)30/h10-11,21H,3-9,12-20H2,1-2H3,(H2,24,25,30)/b11-10+/t21-/m0/s1. The van der Waals surface area contributed by atoms with Crippen LogP contribution >= 0.6 is 6.72 Å². The molecule has 0 aromatic carbocycles. The molecule has 0 rings (SSSR count). The van der Waals surface area contributed by atoms with Crippen LogP contribution in [0.4, 0.5) is 0 Å². The van der Waals surface area contributed by atoms with Crippen molar-refractivity contribution >= 4 is 24.5 Å². The van der Waals surface area contributed by atoms with E-state index < -0.39 is 12.8 Å². The molecule has 0 saturated heterocycles. The lowest BCUT2D eigenvalue weighted by atomic mass is 10.1. The van der Waals surface area contributed by atoms with Crippen LogP contribution in [0, 0.1) is 0 Å². The molecule has 0 fully saturated rings. The Hall–Kier alpha value is -0.300. The second-order valence-electron chi connectivity index (χ2n) is 7.66. The van der Waals surface area contributed by atoms with Gasteiger partial charge in [-0.3, -0.25) is 4.79 Å². The zero-order chi connectivity index (χ0) is 22.5. The summed E-state index contributed by atoms with van der Waals surface area (Å²) in [5, 5.41) is 0. The maximum absolute atomic E-state index is 11.8. The lowest BCUT2D eigenvalue weighted by molar-refractivity contribution is -0.148. The molecule has 0 radical (unpaired) electrons. The molecular weight excluding hydrogens is 423 g/mol. The molecule has 0 aliphatic rings. The number of allylic oxidation sites excluding steroid dienone is 2. The lowest BCUT2D eigenvalue weighted by Gasteiger charge is -2.17. The summed E-state index contributed by atoms with van der Waals surface area (Å²) in [7, 11) is 1.43. The van der Waals surface area contributed by atoms with Crippen LogP contribution in [0.2, 0.25) is 0 Å². The summed E-state index contributed by atoms with van der Waals surface area (Å²) in [6, 6.07) is 0. The van der Waals surface area contributed by atoms with Crippen molar-refractivity contribution in [3.05, 3.63) is 12.2 Å². The molecule has 0 heterocycles. The van der Waals surface area contributed by atoms with E-state index in [0.29, 0.717) is 6.42 Å². The third kappa shape index (κ3) is 22.4. The number of rotatable bonds is 21. The van der Waals surface area contributed by atoms with Gasteiger partial charge in [0.25, 0.3) is 0 Å². The largest absolute Gasteiger partial charge is 0.463 e. The maximum Gasteiger partial charge on any atom is 0.321 e. The topological polar surface area (TPSA) is 85.2 Å². The first-order valence-corrected chi connectivity index (χ1v) is 14.0. The molecule has 0 saturated carbocycles. The van der Waals surface area contributed by atoms with Crippen molar-refractivity contribution in [2.75, 3.05) is 20.3 Å². The summed E-state index contributed by atoms with van der Waals surface area (Å²) >= 11 is 4.37. The molecule has 8 heteroatoms. The smallest absolute Gasteiger partial charge is 0.321 e. The van der Waals surface area contributed by atoms with E-state index in [1.165, 1.54) is 64.9 Å². The minimum absolute atomic E-state index is 0.00966. The first-order chi connectivity index (χ1) is 14.4. The molecule has 0 unspecified atom stereocenters. The first-order valence-electron chi connectivity index (χ1n) is 11.4. The fourth-order valence-electron chi connectivity index (χ4n) is 2.96. The van der Waals surface area contributed by atoms with Crippen molar-refractivity contribution in [2.45, 2.75) is 103 Å². The minimum atomic E-state index is -3.72. The SMILES string of the molecule is CCCCCCCC/C=C/CCCCCCCC(=O)OC[C@@H](COP(O)(O)=S)OC. The number of unbranched alkanes of at least 4 members (excludes halogenated alkanes) is 11. The van der Waals surface area contributed by atoms with Gasteiger partial charge >= 0.3 is 12.7 Å². The number of hydrogen-bond donors (Lipinski definition) is 2. The van der Waals surface area contributed by atoms with Gasteiger partial charge in [0, 0.05) is 13.5 Å². The third-order valence-electron chi connectivity index (χ3n) is 4.83. The number of ether oxygens (including phenoxy) is 2. The van der Waals surface area contributed by atoms with Crippen molar-refractivity contribution in [3.63, 3.8) is 0 Å². The van der Waals surface area contributed by atoms with Gasteiger partial charge in [0.15, 0.2) is 0 Å². The van der Waals surface area contributed by atoms with E-state index in [4.69, 9.17) is 23.8 Å². The van der Waals surface area contributed by atoms with Gasteiger partial charge in [-0.1, -0.05) is 70.4 Å². The molecule has 2 N–H and O–H groups in total. The molecule has 0 aromatic rings. The Bertz CT molecular complexity index is 480. The fourth-order valence-corrected chi connectivity index (χ4v) is 3.51. The quantitative estimate of drug-likeness (QED) is 0.0956. The molecule has 1 atom stereocenters. The van der Waals surface area contributed by atoms with Gasteiger partial charge in [-0.15, -0.1) is 0 Å². The number of esters is 1. The van der Waals surface area contributed by atoms with E-state index >= 15 is 0 Å². The number of carbonyl (C=O) groups is 1. The molecule has 0 aliphatic carbocycles. The Morgan fingerprint density at radius 2 is 1.43 bits per heavy atom. The van der Waals surface area contributed by atoms with Crippen molar-refractivity contribution in [1.82, 2.24) is 0 Å². The Labute approximate surface area is 188 Å². The molecule has 0 aromatic heterocycles. The van der Waals surface area contributed by atoms with Crippen molar-refractivity contribution < 1.29 is 28.6 Å². The molecule has 30 heavy (non-hydrogen) atoms. The summed E-state index contributed by atoms with van der Waals surface area (Å²) in [6.45, 7) is -1.58. The lowest BCUT2D eigenvalue weighted by Crippen LogP contribution is -2.25. The minimum Gasteiger partial charge on any atom is -0.463 e. The Kier molecular flexibility index (Phi) is 20.4. The van der Waals surface area contributed by atoms with E-state index in [1.807, 2.05) is 0 Å². The average molecular weight is 467 g/mol. The van der Waals surface area contributed by atoms with Gasteiger partial charge in [-0.25, -0.2) is 0 Å². The van der Waals surface area contributed by atoms with Gasteiger partial charge < -0.3 is 23.8 Å². The van der Waals surface area contributed by atoms with Crippen LogP contribution in [0.15, 0.2) is 12.2 Å². The van der Waals surface area contributed by atoms with Crippen LogP contribution in [0.3, 0.4) is 0 Å². The maximum atomic E-state index is 11.8. The Balaban J connectivity index is 3.47. The van der Waals surface area contributed by atoms with Crippen molar-refractivity contribution in [2.24, 2.45) is 0 Å². The summed E-state index contributed by atoms with van der Waals surface area (Å²) in [6.07, 6.45) is 20.3. The van der Waals surface area contributed by atoms with Crippen LogP contribution in [-0.4, -0.2) is 42.2 Å². The highest BCUT2D eigenvalue weighted by Gasteiger charge is 2.16. The molecule has 6 nitrogen and oxygen atoms in total. The fraction of sp³-hybridized carbons (Fsp3) is 0.864. The van der Waals surface area contributed by atoms with Gasteiger partial charge in [0.1, 0.15) is 12.7 Å². The number of hydrogen-bond acceptors (Lipinski definition) is 5. The van der Waals surface area contributed by atoms with Crippen LogP contribution in [-0.2, 0) is 30.6 Å². The summed E-state index contributed by atoms with van der Waals surface area (Å²) in [5.41, 5.74) is 0. The van der Waals surface area contributed by atoms with Crippen LogP contribution < -0.4 is 0 Å². The van der Waals surface area contributed by atoms with Gasteiger partial charge in [0.05, 0.1) is 6.61 Å². The number of carbonyl (C=O) groups excluding carboxylic acids is 1. The third-order valence-corrected chi connectivity index (χ3v) is 5.64. The summed E-state index contributed by atoms with van der Waals surface area (Å²) in [4.78, 5) is 29.8. The zero-order valence-corrected chi connectivity index (χ0v) is 20.6. The zero-order valence-electron chi connectivity index (χ0n) is 18.9. The van der Waals surface area contributed by atoms with Crippen LogP contribution in [0.5, 0.6) is 0 Å². The van der Waals surface area contributed by atoms with E-state index in [0.717, 1.165) is 25.7 Å². The molecule has 178 valence electrons. The van der Waals surface area contributed by atoms with E-state index in [9.17, 15) is 4.79 Å². The number of methoxy groups -OCH3 is 1. The summed E-state index contributed by atoms with van der Waals surface area (Å²) < 4.78 is 14.9. The predicted molar refractivity (Wildman–Crippen MR) is 126 cm³/mol. The predicted octanol–water partition coefficient (Wildman–Crippen LogP) is 5.81. The van der Waals surface area contributed by atoms with Crippen LogP contribution in [0.25, 0.3) is 0 Å². The second-order valence-corrected chi connectivity index (χ2v) is 10.3. The van der Waals surface area contributed by atoms with E-state index in [-0.39, 0.29) is 19.2 Å². The molecule has 0 amide bonds. The Morgan fingerprint density at radius 3 is 1.97 bits per heavy atom. The highest BCUT2D eigenvalue weighted by molar-refractivity contribution is 8.06. The monoisotopic (exact) mass is 466 g/mol. The van der Waals surface area contributed by atoms with Crippen LogP contribution in [0.1, 0.15) is 96.8 Å². The highest BCUT2D eigenvalue weighted by atomic mass is 32.5. The van der Waals surface area contributed by atoms with Crippen molar-refractivity contribution in [1.29, 1.82) is 0 Å². The second kappa shape index (κ2) is 20.6. The molecule has 0 bridgehead atoms. The van der Waals surface area contributed by atoms with E-state index in [1.54, 1.807) is 0 Å². The molecular formula is C22H43O6PS. The summed E-state index contributed by atoms with van der Waals surface area (Å²) in [5.74, 6) is -0.276. The normalized spacial score (nSPS) is 13.1. The van der Waals surface area contributed by atoms with E-state index in [2.05, 4.69) is 30.9 Å². The molecule has 0 spiro atoms. The Morgan fingerprint density at radius 1 is 0.900 bits per heavy atom. The highest BCUT2D eigenvalue weighted by Crippen LogP contribution is 2.36. The van der Waals surface area contributed by atoms with Gasteiger partial charge in [0.2, 0.25) is 0 Å². The average Bonchev–Trinajstić information content (AvgIpc) is 2.70. The first kappa shape index (κ1) is 29.7. The van der Waals surface area contributed by atoms with Gasteiger partial charge in [-0.05, 0) is 43.9 Å². The molecule has 0 aliphatic heterocycles.